The quantitative estimate of drug-likeness (QED) is 0.498. The molecule has 3 aromatic rings. The largest absolute Gasteiger partial charge is 0.496 e. The number of fused-ring (bicyclic) bond motifs is 1. The van der Waals surface area contributed by atoms with E-state index in [1.165, 1.54) is 0 Å². The van der Waals surface area contributed by atoms with Crippen molar-refractivity contribution in [2.45, 2.75) is 13.5 Å². The summed E-state index contributed by atoms with van der Waals surface area (Å²) < 4.78 is 17.2. The van der Waals surface area contributed by atoms with Crippen molar-refractivity contribution in [3.63, 3.8) is 0 Å². The van der Waals surface area contributed by atoms with Crippen molar-refractivity contribution in [2.24, 2.45) is 0 Å². The van der Waals surface area contributed by atoms with Crippen molar-refractivity contribution < 1.29 is 19.0 Å². The van der Waals surface area contributed by atoms with Gasteiger partial charge in [-0.05, 0) is 48.9 Å². The molecule has 0 N–H and O–H groups in total. The molecule has 1 heterocycles. The fraction of sp³-hybridized carbons (Fsp3) is 0.125. The molecule has 4 nitrogen and oxygen atoms in total. The van der Waals surface area contributed by atoms with Crippen LogP contribution in [-0.4, -0.2) is 12.9 Å². The van der Waals surface area contributed by atoms with Crippen molar-refractivity contribution >= 4 is 23.5 Å². The molecule has 3 aromatic carbocycles. The first-order valence-corrected chi connectivity index (χ1v) is 9.52. The van der Waals surface area contributed by atoms with Gasteiger partial charge in [0.25, 0.3) is 0 Å². The van der Waals surface area contributed by atoms with E-state index in [1.54, 1.807) is 25.3 Å². The molecule has 0 aromatic heterocycles. The van der Waals surface area contributed by atoms with Gasteiger partial charge in [-0.1, -0.05) is 41.9 Å². The number of hydrogen-bond donors (Lipinski definition) is 0. The van der Waals surface area contributed by atoms with Crippen LogP contribution in [0.25, 0.3) is 6.08 Å². The molecular weight excluding hydrogens is 388 g/mol. The second kappa shape index (κ2) is 8.02. The Labute approximate surface area is 174 Å². The van der Waals surface area contributed by atoms with Crippen molar-refractivity contribution in [2.75, 3.05) is 7.11 Å². The summed E-state index contributed by atoms with van der Waals surface area (Å²) in [7, 11) is 1.59. The number of halogens is 1. The molecule has 4 rings (SSSR count). The fourth-order valence-electron chi connectivity index (χ4n) is 3.24. The van der Waals surface area contributed by atoms with E-state index in [4.69, 9.17) is 25.8 Å². The number of methoxy groups -OCH3 is 1. The fourth-order valence-corrected chi connectivity index (χ4v) is 3.45. The smallest absolute Gasteiger partial charge is 0.231 e. The lowest BCUT2D eigenvalue weighted by Gasteiger charge is -2.11. The van der Waals surface area contributed by atoms with Gasteiger partial charge in [-0.15, -0.1) is 0 Å². The Balaban J connectivity index is 1.59. The molecule has 1 aliphatic rings. The topological polar surface area (TPSA) is 44.8 Å². The average molecular weight is 407 g/mol. The number of rotatable bonds is 5. The summed E-state index contributed by atoms with van der Waals surface area (Å²) in [6.45, 7) is 2.25. The van der Waals surface area contributed by atoms with Crippen molar-refractivity contribution in [3.05, 3.63) is 93.7 Å². The van der Waals surface area contributed by atoms with Crippen LogP contribution in [0.4, 0.5) is 0 Å². The third-order valence-corrected chi connectivity index (χ3v) is 4.98. The molecule has 0 saturated carbocycles. The van der Waals surface area contributed by atoms with Crippen LogP contribution in [0.3, 0.4) is 0 Å². The summed E-state index contributed by atoms with van der Waals surface area (Å²) in [5, 5.41) is 0.664. The predicted molar refractivity (Wildman–Crippen MR) is 113 cm³/mol. The maximum Gasteiger partial charge on any atom is 0.231 e. The van der Waals surface area contributed by atoms with Crippen molar-refractivity contribution in [1.29, 1.82) is 0 Å². The molecule has 146 valence electrons. The van der Waals surface area contributed by atoms with E-state index >= 15 is 0 Å². The van der Waals surface area contributed by atoms with Crippen LogP contribution in [0.1, 0.15) is 27.0 Å². The second-order valence-corrected chi connectivity index (χ2v) is 7.10. The highest BCUT2D eigenvalue weighted by Crippen LogP contribution is 2.40. The number of ether oxygens (including phenoxy) is 3. The minimum absolute atomic E-state index is 0.157. The van der Waals surface area contributed by atoms with Crippen LogP contribution in [0.2, 0.25) is 5.02 Å². The van der Waals surface area contributed by atoms with Gasteiger partial charge < -0.3 is 14.2 Å². The molecule has 0 aliphatic carbocycles. The number of carbonyl (C=O) groups is 1. The Morgan fingerprint density at radius 3 is 2.66 bits per heavy atom. The maximum atomic E-state index is 12.8. The third kappa shape index (κ3) is 3.84. The predicted octanol–water partition coefficient (Wildman–Crippen LogP) is 5.85. The monoisotopic (exact) mass is 406 g/mol. The lowest BCUT2D eigenvalue weighted by Crippen LogP contribution is -1.98. The van der Waals surface area contributed by atoms with Crippen LogP contribution in [-0.2, 0) is 6.61 Å². The number of benzene rings is 3. The van der Waals surface area contributed by atoms with Crippen molar-refractivity contribution in [1.82, 2.24) is 0 Å². The van der Waals surface area contributed by atoms with Gasteiger partial charge in [0.05, 0.1) is 12.7 Å². The summed E-state index contributed by atoms with van der Waals surface area (Å²) in [5.74, 6) is 1.97. The minimum Gasteiger partial charge on any atom is -0.496 e. The first-order valence-electron chi connectivity index (χ1n) is 9.15. The number of Topliss-reactive ketones (excluding diaryl/α,β-unsaturated/α-hetero) is 1. The van der Waals surface area contributed by atoms with Gasteiger partial charge in [0.1, 0.15) is 23.9 Å². The van der Waals surface area contributed by atoms with Crippen LogP contribution >= 0.6 is 11.6 Å². The summed E-state index contributed by atoms with van der Waals surface area (Å²) in [6.07, 6.45) is 1.70. The van der Waals surface area contributed by atoms with E-state index in [9.17, 15) is 4.79 Å². The zero-order valence-corrected chi connectivity index (χ0v) is 16.8. The highest BCUT2D eigenvalue weighted by atomic mass is 35.5. The SMILES string of the molecule is COc1ccccc1/C=C1\Oc2c(ccc(OCc3cccc(Cl)c3)c2C)C1=O. The number of hydrogen-bond acceptors (Lipinski definition) is 4. The van der Waals surface area contributed by atoms with E-state index in [0.717, 1.165) is 16.7 Å². The molecule has 0 bridgehead atoms. The Hall–Kier alpha value is -3.24. The molecule has 29 heavy (non-hydrogen) atoms. The summed E-state index contributed by atoms with van der Waals surface area (Å²) >= 11 is 6.03. The standard InChI is InChI=1S/C24H19ClO4/c1-15-20(28-14-16-6-5-8-18(25)12-16)11-10-19-23(26)22(29-24(15)19)13-17-7-3-4-9-21(17)27-2/h3-13H,14H2,1-2H3/b22-13-. The highest BCUT2D eigenvalue weighted by Gasteiger charge is 2.30. The van der Waals surface area contributed by atoms with E-state index in [1.807, 2.05) is 55.5 Å². The first kappa shape index (κ1) is 19.1. The van der Waals surface area contributed by atoms with E-state index < -0.39 is 0 Å². The molecule has 0 atom stereocenters. The van der Waals surface area contributed by atoms with Gasteiger partial charge >= 0.3 is 0 Å². The first-order chi connectivity index (χ1) is 14.1. The molecule has 0 fully saturated rings. The van der Waals surface area contributed by atoms with Crippen LogP contribution < -0.4 is 14.2 Å². The van der Waals surface area contributed by atoms with Gasteiger partial charge in [0, 0.05) is 16.1 Å². The third-order valence-electron chi connectivity index (χ3n) is 4.75. The molecule has 0 saturated heterocycles. The summed E-state index contributed by atoms with van der Waals surface area (Å²) in [4.78, 5) is 12.8. The highest BCUT2D eigenvalue weighted by molar-refractivity contribution is 6.30. The Morgan fingerprint density at radius 1 is 1.03 bits per heavy atom. The van der Waals surface area contributed by atoms with E-state index in [2.05, 4.69) is 0 Å². The normalized spacial score (nSPS) is 13.9. The van der Waals surface area contributed by atoms with E-state index in [0.29, 0.717) is 34.4 Å². The van der Waals surface area contributed by atoms with Gasteiger partial charge in [0.15, 0.2) is 5.76 Å². The number of para-hydroxylation sites is 1. The molecule has 0 radical (unpaired) electrons. The van der Waals surface area contributed by atoms with Crippen LogP contribution in [0.15, 0.2) is 66.4 Å². The average Bonchev–Trinajstić information content (AvgIpc) is 3.04. The minimum atomic E-state index is -0.157. The van der Waals surface area contributed by atoms with Crippen molar-refractivity contribution in [3.8, 4) is 17.2 Å². The molecule has 0 unspecified atom stereocenters. The molecule has 5 heteroatoms. The lowest BCUT2D eigenvalue weighted by atomic mass is 10.1. The molecule has 0 amide bonds. The second-order valence-electron chi connectivity index (χ2n) is 6.67. The Morgan fingerprint density at radius 2 is 1.86 bits per heavy atom. The number of allylic oxidation sites excluding steroid dienone is 1. The zero-order valence-electron chi connectivity index (χ0n) is 16.1. The van der Waals surface area contributed by atoms with Crippen LogP contribution in [0, 0.1) is 6.92 Å². The zero-order chi connectivity index (χ0) is 20.4. The van der Waals surface area contributed by atoms with Gasteiger partial charge in [-0.2, -0.15) is 0 Å². The van der Waals surface area contributed by atoms with E-state index in [-0.39, 0.29) is 11.5 Å². The van der Waals surface area contributed by atoms with Crippen LogP contribution in [0.5, 0.6) is 17.2 Å². The van der Waals surface area contributed by atoms with Gasteiger partial charge in [-0.3, -0.25) is 4.79 Å². The Bertz CT molecular complexity index is 1120. The Kier molecular flexibility index (Phi) is 5.28. The number of ketones is 1. The molecular formula is C24H19ClO4. The molecule has 1 aliphatic heterocycles. The number of carbonyl (C=O) groups excluding carboxylic acids is 1. The maximum absolute atomic E-state index is 12.8. The van der Waals surface area contributed by atoms with Gasteiger partial charge in [-0.25, -0.2) is 0 Å². The molecule has 0 spiro atoms. The van der Waals surface area contributed by atoms with Gasteiger partial charge in [0.2, 0.25) is 5.78 Å². The lowest BCUT2D eigenvalue weighted by molar-refractivity contribution is 0.101. The summed E-state index contributed by atoms with van der Waals surface area (Å²) in [6, 6.07) is 18.5. The summed E-state index contributed by atoms with van der Waals surface area (Å²) in [5.41, 5.74) is 3.05.